The van der Waals surface area contributed by atoms with Gasteiger partial charge in [0, 0.05) is 17.1 Å². The van der Waals surface area contributed by atoms with Crippen LogP contribution in [0.5, 0.6) is 0 Å². The number of rotatable bonds is 1. The Kier molecular flexibility index (Phi) is 2.81. The number of fused-ring (bicyclic) bond motifs is 1. The van der Waals surface area contributed by atoms with Crippen LogP contribution in [-0.4, -0.2) is 4.98 Å². The molecule has 0 saturated heterocycles. The molecule has 0 bridgehead atoms. The minimum absolute atomic E-state index is 0.298. The summed E-state index contributed by atoms with van der Waals surface area (Å²) in [6.07, 6.45) is 2.19. The molecule has 17 heavy (non-hydrogen) atoms. The maximum atomic E-state index is 3.44. The Labute approximate surface area is 104 Å². The molecule has 1 aromatic carbocycles. The molecule has 1 unspecified atom stereocenters. The first-order valence-electron chi connectivity index (χ1n) is 6.39. The van der Waals surface area contributed by atoms with Gasteiger partial charge >= 0.3 is 0 Å². The van der Waals surface area contributed by atoms with Gasteiger partial charge in [0.25, 0.3) is 0 Å². The molecule has 1 aromatic heterocycles. The molecule has 1 heteroatoms. The fraction of sp³-hybridized carbons (Fsp3) is 0.500. The molecule has 1 atom stereocenters. The summed E-state index contributed by atoms with van der Waals surface area (Å²) in [6, 6.07) is 4.54. The normalized spacial score (nSPS) is 14.2. The summed E-state index contributed by atoms with van der Waals surface area (Å²) < 4.78 is 0. The molecular weight excluding hydrogens is 206 g/mol. The van der Waals surface area contributed by atoms with Crippen LogP contribution in [0.3, 0.4) is 0 Å². The molecule has 1 N–H and O–H groups in total. The lowest BCUT2D eigenvalue weighted by atomic mass is 9.77. The molecule has 0 spiro atoms. The maximum absolute atomic E-state index is 3.44. The Morgan fingerprint density at radius 2 is 1.76 bits per heavy atom. The van der Waals surface area contributed by atoms with E-state index < -0.39 is 0 Å². The van der Waals surface area contributed by atoms with Crippen LogP contribution in [-0.2, 0) is 0 Å². The number of hydrogen-bond acceptors (Lipinski definition) is 0. The molecule has 0 fully saturated rings. The highest BCUT2D eigenvalue weighted by molar-refractivity contribution is 5.87. The molecule has 1 nitrogen and oxygen atoms in total. The lowest BCUT2D eigenvalue weighted by Gasteiger charge is -2.27. The Morgan fingerprint density at radius 3 is 2.35 bits per heavy atom. The van der Waals surface area contributed by atoms with Crippen molar-refractivity contribution in [3.8, 4) is 0 Å². The number of nitrogens with one attached hydrogen (secondary N) is 1. The zero-order valence-corrected chi connectivity index (χ0v) is 11.8. The number of aromatic nitrogens is 1. The predicted octanol–water partition coefficient (Wildman–Crippen LogP) is 4.93. The van der Waals surface area contributed by atoms with Gasteiger partial charge < -0.3 is 4.98 Å². The highest BCUT2D eigenvalue weighted by Gasteiger charge is 2.24. The summed E-state index contributed by atoms with van der Waals surface area (Å²) in [5, 5.41) is 1.39. The first kappa shape index (κ1) is 12.2. The van der Waals surface area contributed by atoms with Crippen LogP contribution in [0.1, 0.15) is 50.3 Å². The van der Waals surface area contributed by atoms with Crippen molar-refractivity contribution in [3.63, 3.8) is 0 Å². The fourth-order valence-electron chi connectivity index (χ4n) is 2.44. The molecule has 0 aliphatic heterocycles. The van der Waals surface area contributed by atoms with Crippen LogP contribution in [0.4, 0.5) is 0 Å². The molecule has 92 valence electrons. The second-order valence-corrected chi connectivity index (χ2v) is 6.34. The van der Waals surface area contributed by atoms with E-state index in [1.807, 2.05) is 0 Å². The molecule has 0 amide bonds. The van der Waals surface area contributed by atoms with Gasteiger partial charge in [-0.05, 0) is 42.4 Å². The third kappa shape index (κ3) is 2.11. The Balaban J connectivity index is 2.64. The molecule has 0 aliphatic carbocycles. The minimum Gasteiger partial charge on any atom is -0.361 e. The summed E-state index contributed by atoms with van der Waals surface area (Å²) in [4.78, 5) is 3.44. The third-order valence-corrected chi connectivity index (χ3v) is 3.93. The van der Waals surface area contributed by atoms with Gasteiger partial charge in [-0.1, -0.05) is 39.3 Å². The quantitative estimate of drug-likeness (QED) is 0.713. The molecule has 2 rings (SSSR count). The van der Waals surface area contributed by atoms with E-state index in [2.05, 4.69) is 64.9 Å². The molecule has 0 saturated carbocycles. The standard InChI is InChI=1S/C16H23N/c1-10-7-11(2)15-13(8-10)14(9-17-15)12(3)16(4,5)6/h7-9,12,17H,1-6H3. The van der Waals surface area contributed by atoms with Crippen molar-refractivity contribution in [2.75, 3.05) is 0 Å². The number of benzene rings is 1. The molecular formula is C16H23N. The fourth-order valence-corrected chi connectivity index (χ4v) is 2.44. The lowest BCUT2D eigenvalue weighted by molar-refractivity contribution is 0.341. The second kappa shape index (κ2) is 3.90. The van der Waals surface area contributed by atoms with Crippen molar-refractivity contribution in [2.24, 2.45) is 5.41 Å². The summed E-state index contributed by atoms with van der Waals surface area (Å²) >= 11 is 0. The van der Waals surface area contributed by atoms with Crippen LogP contribution >= 0.6 is 0 Å². The van der Waals surface area contributed by atoms with Gasteiger partial charge in [-0.25, -0.2) is 0 Å². The van der Waals surface area contributed by atoms with E-state index in [4.69, 9.17) is 0 Å². The first-order chi connectivity index (χ1) is 7.80. The van der Waals surface area contributed by atoms with Gasteiger partial charge in [-0.15, -0.1) is 0 Å². The second-order valence-electron chi connectivity index (χ2n) is 6.34. The number of hydrogen-bond donors (Lipinski definition) is 1. The number of aryl methyl sites for hydroxylation is 2. The summed E-state index contributed by atoms with van der Waals surface area (Å²) in [5.74, 6) is 0.553. The average Bonchev–Trinajstić information content (AvgIpc) is 2.58. The van der Waals surface area contributed by atoms with E-state index in [0.717, 1.165) is 0 Å². The van der Waals surface area contributed by atoms with E-state index in [1.165, 1.54) is 27.6 Å². The van der Waals surface area contributed by atoms with Gasteiger partial charge in [0.1, 0.15) is 0 Å². The average molecular weight is 229 g/mol. The van der Waals surface area contributed by atoms with Gasteiger partial charge in [0.05, 0.1) is 0 Å². The van der Waals surface area contributed by atoms with E-state index in [9.17, 15) is 0 Å². The van der Waals surface area contributed by atoms with Crippen LogP contribution in [0.25, 0.3) is 10.9 Å². The highest BCUT2D eigenvalue weighted by atomic mass is 14.7. The minimum atomic E-state index is 0.298. The van der Waals surface area contributed by atoms with Crippen molar-refractivity contribution in [1.29, 1.82) is 0 Å². The van der Waals surface area contributed by atoms with Crippen LogP contribution in [0, 0.1) is 19.3 Å². The van der Waals surface area contributed by atoms with Crippen molar-refractivity contribution < 1.29 is 0 Å². The number of aromatic amines is 1. The van der Waals surface area contributed by atoms with Gasteiger partial charge in [0.15, 0.2) is 0 Å². The van der Waals surface area contributed by atoms with Crippen molar-refractivity contribution >= 4 is 10.9 Å². The predicted molar refractivity (Wildman–Crippen MR) is 75.6 cm³/mol. The molecule has 2 aromatic rings. The molecule has 0 radical (unpaired) electrons. The Bertz CT molecular complexity index is 540. The van der Waals surface area contributed by atoms with Crippen LogP contribution in [0.15, 0.2) is 18.3 Å². The van der Waals surface area contributed by atoms with Crippen molar-refractivity contribution in [3.05, 3.63) is 35.0 Å². The van der Waals surface area contributed by atoms with Crippen molar-refractivity contribution in [2.45, 2.75) is 47.5 Å². The van der Waals surface area contributed by atoms with Gasteiger partial charge in [0.2, 0.25) is 0 Å². The van der Waals surface area contributed by atoms with E-state index in [1.54, 1.807) is 0 Å². The largest absolute Gasteiger partial charge is 0.361 e. The van der Waals surface area contributed by atoms with Gasteiger partial charge in [-0.3, -0.25) is 0 Å². The lowest BCUT2D eigenvalue weighted by Crippen LogP contribution is -2.14. The topological polar surface area (TPSA) is 15.8 Å². The molecule has 1 heterocycles. The summed E-state index contributed by atoms with van der Waals surface area (Å²) in [7, 11) is 0. The Hall–Kier alpha value is -1.24. The SMILES string of the molecule is Cc1cc(C)c2[nH]cc(C(C)C(C)(C)C)c2c1. The van der Waals surface area contributed by atoms with Crippen LogP contribution < -0.4 is 0 Å². The van der Waals surface area contributed by atoms with Crippen LogP contribution in [0.2, 0.25) is 0 Å². The highest BCUT2D eigenvalue weighted by Crippen LogP contribution is 2.38. The Morgan fingerprint density at radius 1 is 1.12 bits per heavy atom. The van der Waals surface area contributed by atoms with E-state index >= 15 is 0 Å². The van der Waals surface area contributed by atoms with Crippen molar-refractivity contribution in [1.82, 2.24) is 4.98 Å². The summed E-state index contributed by atoms with van der Waals surface area (Å²) in [5.41, 5.74) is 5.72. The summed E-state index contributed by atoms with van der Waals surface area (Å²) in [6.45, 7) is 13.6. The number of H-pyrrole nitrogens is 1. The van der Waals surface area contributed by atoms with E-state index in [0.29, 0.717) is 11.3 Å². The molecule has 0 aliphatic rings. The van der Waals surface area contributed by atoms with E-state index in [-0.39, 0.29) is 0 Å². The smallest absolute Gasteiger partial charge is 0.0486 e. The third-order valence-electron chi connectivity index (χ3n) is 3.93. The first-order valence-corrected chi connectivity index (χ1v) is 6.39. The zero-order valence-electron chi connectivity index (χ0n) is 11.8. The monoisotopic (exact) mass is 229 g/mol. The van der Waals surface area contributed by atoms with Gasteiger partial charge in [-0.2, -0.15) is 0 Å². The maximum Gasteiger partial charge on any atom is 0.0486 e. The zero-order chi connectivity index (χ0) is 12.8.